The molecule has 1 aliphatic rings. The Kier molecular flexibility index (Phi) is 3.41. The first-order valence-corrected chi connectivity index (χ1v) is 8.65. The summed E-state index contributed by atoms with van der Waals surface area (Å²) in [6.07, 6.45) is -0.457. The van der Waals surface area contributed by atoms with Gasteiger partial charge in [0, 0.05) is 18.3 Å². The van der Waals surface area contributed by atoms with Crippen molar-refractivity contribution >= 4 is 23.1 Å². The minimum Gasteiger partial charge on any atom is -0.432 e. The van der Waals surface area contributed by atoms with Gasteiger partial charge in [0.05, 0.1) is 10.6 Å². The van der Waals surface area contributed by atoms with Gasteiger partial charge in [0.25, 0.3) is 0 Å². The van der Waals surface area contributed by atoms with Crippen molar-refractivity contribution in [2.45, 2.75) is 12.5 Å². The number of nitrogens with zero attached hydrogens (tertiary/aromatic N) is 2. The molecule has 0 saturated carbocycles. The lowest BCUT2D eigenvalue weighted by Crippen LogP contribution is -2.37. The molecule has 3 heterocycles. The van der Waals surface area contributed by atoms with Crippen LogP contribution in [0.1, 0.15) is 23.1 Å². The normalized spacial score (nSPS) is 18.8. The fraction of sp³-hybridized carbons (Fsp3) is 0.158. The van der Waals surface area contributed by atoms with Crippen LogP contribution in [0.5, 0.6) is 0 Å². The van der Waals surface area contributed by atoms with Gasteiger partial charge in [0.2, 0.25) is 0 Å². The van der Waals surface area contributed by atoms with Gasteiger partial charge in [-0.05, 0) is 48.2 Å². The van der Waals surface area contributed by atoms with Gasteiger partial charge < -0.3 is 9.30 Å². The van der Waals surface area contributed by atoms with Gasteiger partial charge >= 0.3 is 6.09 Å². The summed E-state index contributed by atoms with van der Waals surface area (Å²) in [5, 5.41) is 13.9. The van der Waals surface area contributed by atoms with E-state index in [0.717, 1.165) is 27.4 Å². The van der Waals surface area contributed by atoms with Crippen molar-refractivity contribution < 1.29 is 9.53 Å². The van der Waals surface area contributed by atoms with Crippen LogP contribution >= 0.6 is 11.3 Å². The Morgan fingerprint density at radius 1 is 1.28 bits per heavy atom. The number of amides is 1. The van der Waals surface area contributed by atoms with Crippen molar-refractivity contribution in [2.24, 2.45) is 7.05 Å². The lowest BCUT2D eigenvalue weighted by molar-refractivity contribution is 0.0612. The zero-order valence-corrected chi connectivity index (χ0v) is 14.6. The molecule has 3 aromatic rings. The summed E-state index contributed by atoms with van der Waals surface area (Å²) in [7, 11) is 1.87. The van der Waals surface area contributed by atoms with Crippen LogP contribution in [0.2, 0.25) is 0 Å². The lowest BCUT2D eigenvalue weighted by atomic mass is 9.89. The summed E-state index contributed by atoms with van der Waals surface area (Å²) >= 11 is 1.55. The number of benzene rings is 1. The van der Waals surface area contributed by atoms with E-state index in [1.165, 1.54) is 0 Å². The predicted molar refractivity (Wildman–Crippen MR) is 96.4 cm³/mol. The molecule has 1 unspecified atom stereocenters. The fourth-order valence-electron chi connectivity index (χ4n) is 3.23. The van der Waals surface area contributed by atoms with E-state index in [-0.39, 0.29) is 0 Å². The van der Waals surface area contributed by atoms with E-state index in [9.17, 15) is 10.1 Å². The van der Waals surface area contributed by atoms with Crippen molar-refractivity contribution in [3.05, 3.63) is 64.0 Å². The quantitative estimate of drug-likeness (QED) is 0.743. The maximum absolute atomic E-state index is 12.0. The molecule has 1 N–H and O–H groups in total. The number of hydrogen-bond acceptors (Lipinski definition) is 4. The number of cyclic esters (lactones) is 1. The number of hydrogen-bond donors (Lipinski definition) is 1. The van der Waals surface area contributed by atoms with Crippen LogP contribution in [-0.4, -0.2) is 10.7 Å². The molecule has 0 bridgehead atoms. The minimum atomic E-state index is -0.842. The number of carbonyl (C=O) groups is 1. The SMILES string of the molecule is Cn1c(C#N)ccc1-c1ccc2c(c1)C(C)(c1cccs1)OC(=O)N2. The predicted octanol–water partition coefficient (Wildman–Crippen LogP) is 4.45. The van der Waals surface area contributed by atoms with Gasteiger partial charge in [-0.1, -0.05) is 12.1 Å². The van der Waals surface area contributed by atoms with E-state index in [0.29, 0.717) is 5.69 Å². The van der Waals surface area contributed by atoms with E-state index in [4.69, 9.17) is 4.74 Å². The average molecular weight is 349 g/mol. The number of aromatic nitrogens is 1. The summed E-state index contributed by atoms with van der Waals surface area (Å²) in [5.41, 5.74) is 3.29. The van der Waals surface area contributed by atoms with Gasteiger partial charge in [-0.3, -0.25) is 5.32 Å². The molecule has 0 radical (unpaired) electrons. The maximum Gasteiger partial charge on any atom is 0.412 e. The van der Waals surface area contributed by atoms with Crippen molar-refractivity contribution in [1.82, 2.24) is 4.57 Å². The zero-order valence-electron chi connectivity index (χ0n) is 13.7. The Bertz CT molecular complexity index is 1010. The second-order valence-corrected chi connectivity index (χ2v) is 7.01. The number of nitrogens with one attached hydrogen (secondary N) is 1. The molecular weight excluding hydrogens is 334 g/mol. The topological polar surface area (TPSA) is 67.0 Å². The fourth-order valence-corrected chi connectivity index (χ4v) is 4.07. The first-order valence-electron chi connectivity index (χ1n) is 7.77. The molecule has 6 heteroatoms. The molecular formula is C19H15N3O2S. The summed E-state index contributed by atoms with van der Waals surface area (Å²) in [6, 6.07) is 15.7. The molecule has 124 valence electrons. The highest BCUT2D eigenvalue weighted by molar-refractivity contribution is 7.10. The highest BCUT2D eigenvalue weighted by Gasteiger charge is 2.40. The Balaban J connectivity index is 1.90. The molecule has 2 aromatic heterocycles. The van der Waals surface area contributed by atoms with Crippen LogP contribution < -0.4 is 5.32 Å². The van der Waals surface area contributed by atoms with E-state index in [1.807, 2.05) is 60.3 Å². The highest BCUT2D eigenvalue weighted by Crippen LogP contribution is 2.44. The summed E-state index contributed by atoms with van der Waals surface area (Å²) in [4.78, 5) is 13.0. The Morgan fingerprint density at radius 2 is 2.12 bits per heavy atom. The molecule has 0 spiro atoms. The number of carbonyl (C=O) groups excluding carboxylic acids is 1. The monoisotopic (exact) mass is 349 g/mol. The number of anilines is 1. The van der Waals surface area contributed by atoms with Crippen LogP contribution in [0, 0.1) is 11.3 Å². The minimum absolute atomic E-state index is 0.457. The smallest absolute Gasteiger partial charge is 0.412 e. The molecule has 0 aliphatic carbocycles. The number of thiophene rings is 1. The van der Waals surface area contributed by atoms with Gasteiger partial charge in [-0.2, -0.15) is 5.26 Å². The Morgan fingerprint density at radius 3 is 2.80 bits per heavy atom. The van der Waals surface area contributed by atoms with Gasteiger partial charge in [-0.25, -0.2) is 4.79 Å². The first-order chi connectivity index (χ1) is 12.0. The number of fused-ring (bicyclic) bond motifs is 1. The molecule has 4 rings (SSSR count). The highest BCUT2D eigenvalue weighted by atomic mass is 32.1. The third kappa shape index (κ3) is 2.32. The first kappa shape index (κ1) is 15.5. The third-order valence-electron chi connectivity index (χ3n) is 4.59. The van der Waals surface area contributed by atoms with Crippen LogP contribution in [0.25, 0.3) is 11.3 Å². The molecule has 1 amide bonds. The largest absolute Gasteiger partial charge is 0.432 e. The van der Waals surface area contributed by atoms with Crippen LogP contribution in [0.15, 0.2) is 47.8 Å². The van der Waals surface area contributed by atoms with Crippen molar-refractivity contribution in [1.29, 1.82) is 5.26 Å². The number of ether oxygens (including phenoxy) is 1. The molecule has 25 heavy (non-hydrogen) atoms. The van der Waals surface area contributed by atoms with Crippen molar-refractivity contribution in [3.63, 3.8) is 0 Å². The lowest BCUT2D eigenvalue weighted by Gasteiger charge is -2.35. The number of nitriles is 1. The van der Waals surface area contributed by atoms with Gasteiger partial charge in [0.15, 0.2) is 5.60 Å². The molecule has 1 aromatic carbocycles. The maximum atomic E-state index is 12.0. The van der Waals surface area contributed by atoms with Crippen molar-refractivity contribution in [2.75, 3.05) is 5.32 Å². The number of rotatable bonds is 2. The summed E-state index contributed by atoms with van der Waals surface area (Å²) in [5.74, 6) is 0. The van der Waals surface area contributed by atoms with E-state index in [2.05, 4.69) is 11.4 Å². The van der Waals surface area contributed by atoms with Crippen LogP contribution in [-0.2, 0) is 17.4 Å². The Hall–Kier alpha value is -3.04. The zero-order chi connectivity index (χ0) is 17.6. The van der Waals surface area contributed by atoms with E-state index in [1.54, 1.807) is 17.4 Å². The second-order valence-electron chi connectivity index (χ2n) is 6.06. The van der Waals surface area contributed by atoms with Crippen LogP contribution in [0.3, 0.4) is 0 Å². The third-order valence-corrected chi connectivity index (χ3v) is 5.66. The van der Waals surface area contributed by atoms with E-state index >= 15 is 0 Å². The van der Waals surface area contributed by atoms with Gasteiger partial charge in [-0.15, -0.1) is 11.3 Å². The molecule has 0 saturated heterocycles. The molecule has 1 aliphatic heterocycles. The molecule has 0 fully saturated rings. The summed E-state index contributed by atoms with van der Waals surface area (Å²) in [6.45, 7) is 1.91. The molecule has 1 atom stereocenters. The Labute approximate surface area is 149 Å². The summed E-state index contributed by atoms with van der Waals surface area (Å²) < 4.78 is 7.55. The van der Waals surface area contributed by atoms with Crippen LogP contribution in [0.4, 0.5) is 10.5 Å². The van der Waals surface area contributed by atoms with E-state index < -0.39 is 11.7 Å². The average Bonchev–Trinajstić information content (AvgIpc) is 3.24. The standard InChI is InChI=1S/C19H15N3O2S/c1-19(17-4-3-9-25-17)14-10-12(5-7-15(14)21-18(23)24-19)16-8-6-13(11-20)22(16)2/h3-10H,1-2H3,(H,21,23). The van der Waals surface area contributed by atoms with Gasteiger partial charge in [0.1, 0.15) is 11.8 Å². The molecule has 5 nitrogen and oxygen atoms in total. The van der Waals surface area contributed by atoms with Crippen molar-refractivity contribution in [3.8, 4) is 17.3 Å². The second kappa shape index (κ2) is 5.50.